The van der Waals surface area contributed by atoms with E-state index in [0.29, 0.717) is 23.7 Å². The number of amides is 1. The second-order valence-electron chi connectivity index (χ2n) is 5.68. The first kappa shape index (κ1) is 16.7. The molecule has 3 rings (SSSR count). The minimum Gasteiger partial charge on any atom is -0.457 e. The van der Waals surface area contributed by atoms with Crippen LogP contribution in [0.1, 0.15) is 21.7 Å². The van der Waals surface area contributed by atoms with Gasteiger partial charge in [-0.1, -0.05) is 12.1 Å². The van der Waals surface area contributed by atoms with Crippen molar-refractivity contribution in [2.24, 2.45) is 7.05 Å². The molecule has 2 aromatic carbocycles. The molecule has 6 heteroatoms. The predicted octanol–water partition coefficient (Wildman–Crippen LogP) is 3.59. The monoisotopic (exact) mass is 339 g/mol. The molecule has 25 heavy (non-hydrogen) atoms. The van der Waals surface area contributed by atoms with E-state index in [1.165, 1.54) is 12.1 Å². The number of nitrogens with one attached hydrogen (secondary N) is 1. The summed E-state index contributed by atoms with van der Waals surface area (Å²) in [5, 5.41) is 7.02. The van der Waals surface area contributed by atoms with Crippen molar-refractivity contribution in [1.82, 2.24) is 15.1 Å². The Kier molecular flexibility index (Phi) is 4.79. The quantitative estimate of drug-likeness (QED) is 0.773. The average molecular weight is 339 g/mol. The Morgan fingerprint density at radius 3 is 2.28 bits per heavy atom. The van der Waals surface area contributed by atoms with Crippen molar-refractivity contribution in [3.05, 3.63) is 77.4 Å². The van der Waals surface area contributed by atoms with Gasteiger partial charge in [0.2, 0.25) is 0 Å². The van der Waals surface area contributed by atoms with Crippen molar-refractivity contribution in [1.29, 1.82) is 0 Å². The summed E-state index contributed by atoms with van der Waals surface area (Å²) in [5.41, 5.74) is 2.27. The normalized spacial score (nSPS) is 10.5. The Balaban J connectivity index is 1.58. The maximum absolute atomic E-state index is 12.9. The third-order valence-electron chi connectivity index (χ3n) is 3.66. The Hall–Kier alpha value is -3.15. The van der Waals surface area contributed by atoms with Gasteiger partial charge in [-0.05, 0) is 55.0 Å². The lowest BCUT2D eigenvalue weighted by Gasteiger charge is -2.08. The molecule has 0 aliphatic carbocycles. The molecule has 0 saturated carbocycles. The summed E-state index contributed by atoms with van der Waals surface area (Å²) >= 11 is 0. The fourth-order valence-electron chi connectivity index (χ4n) is 2.41. The van der Waals surface area contributed by atoms with Crippen LogP contribution in [0.3, 0.4) is 0 Å². The van der Waals surface area contributed by atoms with Gasteiger partial charge in [-0.3, -0.25) is 9.48 Å². The Morgan fingerprint density at radius 2 is 1.72 bits per heavy atom. The summed E-state index contributed by atoms with van der Waals surface area (Å²) in [7, 11) is 1.74. The van der Waals surface area contributed by atoms with Crippen molar-refractivity contribution >= 4 is 5.91 Å². The molecule has 0 fully saturated rings. The lowest BCUT2D eigenvalue weighted by atomic mass is 10.2. The van der Waals surface area contributed by atoms with Gasteiger partial charge in [0.25, 0.3) is 5.91 Å². The third kappa shape index (κ3) is 4.23. The minimum atomic E-state index is -0.304. The van der Waals surface area contributed by atoms with E-state index in [0.717, 1.165) is 11.3 Å². The molecule has 1 aromatic heterocycles. The molecule has 0 radical (unpaired) electrons. The molecule has 0 atom stereocenters. The highest BCUT2D eigenvalue weighted by molar-refractivity contribution is 5.92. The van der Waals surface area contributed by atoms with Gasteiger partial charge in [0.05, 0.1) is 5.69 Å². The number of carbonyl (C=O) groups excluding carboxylic acids is 1. The van der Waals surface area contributed by atoms with Crippen molar-refractivity contribution in [3.63, 3.8) is 0 Å². The number of aromatic nitrogens is 2. The molecular weight excluding hydrogens is 321 g/mol. The van der Waals surface area contributed by atoms with Crippen LogP contribution in [0.15, 0.2) is 54.6 Å². The molecule has 1 amide bonds. The van der Waals surface area contributed by atoms with Gasteiger partial charge in [0, 0.05) is 13.6 Å². The van der Waals surface area contributed by atoms with Gasteiger partial charge in [-0.2, -0.15) is 5.10 Å². The first-order valence-corrected chi connectivity index (χ1v) is 7.82. The van der Waals surface area contributed by atoms with Crippen molar-refractivity contribution in [2.45, 2.75) is 13.5 Å². The first-order valence-electron chi connectivity index (χ1n) is 7.82. The van der Waals surface area contributed by atoms with Gasteiger partial charge in [-0.25, -0.2) is 4.39 Å². The highest BCUT2D eigenvalue weighted by Crippen LogP contribution is 2.21. The first-order chi connectivity index (χ1) is 12.0. The predicted molar refractivity (Wildman–Crippen MR) is 92.0 cm³/mol. The maximum Gasteiger partial charge on any atom is 0.269 e. The number of aryl methyl sites for hydroxylation is 2. The third-order valence-corrected chi connectivity index (χ3v) is 3.66. The van der Waals surface area contributed by atoms with E-state index >= 15 is 0 Å². The van der Waals surface area contributed by atoms with Crippen LogP contribution in [-0.4, -0.2) is 15.7 Å². The van der Waals surface area contributed by atoms with Gasteiger partial charge in [-0.15, -0.1) is 0 Å². The zero-order chi connectivity index (χ0) is 17.8. The highest BCUT2D eigenvalue weighted by Gasteiger charge is 2.11. The van der Waals surface area contributed by atoms with E-state index in [-0.39, 0.29) is 11.7 Å². The summed E-state index contributed by atoms with van der Waals surface area (Å²) in [6, 6.07) is 14.9. The Labute approximate surface area is 145 Å². The zero-order valence-corrected chi connectivity index (χ0v) is 14.0. The molecule has 1 heterocycles. The lowest BCUT2D eigenvalue weighted by Crippen LogP contribution is -2.25. The van der Waals surface area contributed by atoms with Crippen LogP contribution >= 0.6 is 0 Å². The molecule has 0 bridgehead atoms. The van der Waals surface area contributed by atoms with E-state index in [1.807, 2.05) is 19.1 Å². The number of rotatable bonds is 5. The number of carbonyl (C=O) groups is 1. The number of nitrogens with zero attached hydrogens (tertiary/aromatic N) is 2. The van der Waals surface area contributed by atoms with Crippen LogP contribution in [-0.2, 0) is 13.6 Å². The molecule has 0 spiro atoms. The van der Waals surface area contributed by atoms with Crippen LogP contribution in [0, 0.1) is 12.7 Å². The van der Waals surface area contributed by atoms with Crippen LogP contribution in [0.5, 0.6) is 11.5 Å². The molecule has 5 nitrogen and oxygen atoms in total. The molecule has 3 aromatic rings. The smallest absolute Gasteiger partial charge is 0.269 e. The maximum atomic E-state index is 12.9. The number of hydrogen-bond donors (Lipinski definition) is 1. The SMILES string of the molecule is Cc1cc(C(=O)NCc2ccc(Oc3ccc(F)cc3)cc2)n(C)n1. The van der Waals surface area contributed by atoms with Crippen LogP contribution in [0.25, 0.3) is 0 Å². The molecule has 1 N–H and O–H groups in total. The fraction of sp³-hybridized carbons (Fsp3) is 0.158. The Bertz CT molecular complexity index is 871. The van der Waals surface area contributed by atoms with Crippen molar-refractivity contribution < 1.29 is 13.9 Å². The Morgan fingerprint density at radius 1 is 1.12 bits per heavy atom. The zero-order valence-electron chi connectivity index (χ0n) is 14.0. The van der Waals surface area contributed by atoms with E-state index < -0.39 is 0 Å². The summed E-state index contributed by atoms with van der Waals surface area (Å²) in [6.45, 7) is 2.25. The molecular formula is C19H18FN3O2. The molecule has 128 valence electrons. The van der Waals surface area contributed by atoms with E-state index in [1.54, 1.807) is 42.1 Å². The molecule has 0 saturated heterocycles. The van der Waals surface area contributed by atoms with Crippen LogP contribution in [0.2, 0.25) is 0 Å². The highest BCUT2D eigenvalue weighted by atomic mass is 19.1. The topological polar surface area (TPSA) is 56.1 Å². The van der Waals surface area contributed by atoms with E-state index in [4.69, 9.17) is 4.74 Å². The molecule has 0 aliphatic heterocycles. The van der Waals surface area contributed by atoms with Crippen LogP contribution in [0.4, 0.5) is 4.39 Å². The summed E-state index contributed by atoms with van der Waals surface area (Å²) in [4.78, 5) is 12.2. The second kappa shape index (κ2) is 7.17. The van der Waals surface area contributed by atoms with E-state index in [9.17, 15) is 9.18 Å². The lowest BCUT2D eigenvalue weighted by molar-refractivity contribution is 0.0941. The minimum absolute atomic E-state index is 0.172. The summed E-state index contributed by atoms with van der Waals surface area (Å²) in [6.07, 6.45) is 0. The summed E-state index contributed by atoms with van der Waals surface area (Å²) < 4.78 is 20.1. The second-order valence-corrected chi connectivity index (χ2v) is 5.68. The largest absolute Gasteiger partial charge is 0.457 e. The number of halogens is 1. The van der Waals surface area contributed by atoms with Gasteiger partial charge >= 0.3 is 0 Å². The van der Waals surface area contributed by atoms with E-state index in [2.05, 4.69) is 10.4 Å². The van der Waals surface area contributed by atoms with Crippen molar-refractivity contribution in [3.8, 4) is 11.5 Å². The number of ether oxygens (including phenoxy) is 1. The van der Waals surface area contributed by atoms with Gasteiger partial charge in [0.15, 0.2) is 0 Å². The van der Waals surface area contributed by atoms with Crippen LogP contribution < -0.4 is 10.1 Å². The van der Waals surface area contributed by atoms with Gasteiger partial charge < -0.3 is 10.1 Å². The fourth-order valence-corrected chi connectivity index (χ4v) is 2.41. The number of hydrogen-bond acceptors (Lipinski definition) is 3. The number of benzene rings is 2. The van der Waals surface area contributed by atoms with Crippen molar-refractivity contribution in [2.75, 3.05) is 0 Å². The average Bonchev–Trinajstić information content (AvgIpc) is 2.94. The summed E-state index contributed by atoms with van der Waals surface area (Å²) in [5.74, 6) is 0.731. The molecule has 0 aliphatic rings. The standard InChI is InChI=1S/C19H18FN3O2/c1-13-11-18(23(2)22-13)19(24)21-12-14-3-7-16(8-4-14)25-17-9-5-15(20)6-10-17/h3-11H,12H2,1-2H3,(H,21,24). The molecule has 0 unspecified atom stereocenters. The van der Waals surface area contributed by atoms with Gasteiger partial charge in [0.1, 0.15) is 23.0 Å².